The fraction of sp³-hybridized carbons (Fsp3) is 0.638. The minimum absolute atomic E-state index is 0.00808. The van der Waals surface area contributed by atoms with E-state index in [0.717, 1.165) is 15.9 Å². The maximum absolute atomic E-state index is 14.8. The minimum atomic E-state index is -3.11. The number of cyclic esters (lactones) is 1. The molecule has 3 heterocycles. The summed E-state index contributed by atoms with van der Waals surface area (Å²) in [6.45, 7) is 16.6. The second kappa shape index (κ2) is 31.9. The molecule has 16 heteroatoms. The summed E-state index contributed by atoms with van der Waals surface area (Å²) < 4.78 is 62.1. The number of carbonyl (C=O) groups excluding carboxylic acids is 5. The molecule has 470 valence electrons. The van der Waals surface area contributed by atoms with E-state index in [4.69, 9.17) is 32.8 Å². The van der Waals surface area contributed by atoms with Crippen LogP contribution in [0.3, 0.4) is 0 Å². The molecule has 85 heavy (non-hydrogen) atoms. The highest BCUT2D eigenvalue weighted by atomic mass is 28.4. The number of fused-ring (bicyclic) bond motifs is 3. The van der Waals surface area contributed by atoms with Crippen LogP contribution in [0.1, 0.15) is 149 Å². The predicted octanol–water partition coefficient (Wildman–Crippen LogP) is 9.78. The smallest absolute Gasteiger partial charge is 0.329 e. The molecule has 2 bridgehead atoms. The van der Waals surface area contributed by atoms with E-state index in [1.54, 1.807) is 41.1 Å². The van der Waals surface area contributed by atoms with Crippen LogP contribution in [0.25, 0.3) is 0 Å². The standard InChI is InChI=1S/C69H101NO14Si/c1-45-25-17-14-18-26-46(2)59(78-11)43-53-34-32-51(7)69(77,84-53)65(74)66(75)70-36-24-23-31-56(70)67(76)83-60(44-57(71)47(3)40-50(6)63(73)64(80-13)62(72)49(5)39-45)48(4)41-52-33-35-58(61(42-52)79-12)81-37-38-82-85(68(8,9)10,54-27-19-15-20-28-54)55-29-21-16-22-30-55/h14-22,25-30,40,45,47-49,51-53,56,58-61,63-64,73,77H,23-24,31-39,41-44H2,1-13H3/b18-14+,25-17+,46-26+,50-40+/t45-,47-,48-,49-,51-,52+,53+,56+,58-,59+,60+,61-,63-,64+,69-/m1/s1/i37T2. The van der Waals surface area contributed by atoms with Gasteiger partial charge in [0, 0.05) is 58.5 Å². The van der Waals surface area contributed by atoms with Gasteiger partial charge in [0.25, 0.3) is 20.0 Å². The minimum Gasteiger partial charge on any atom is -0.460 e. The molecule has 0 aromatic heterocycles. The molecular formula is C69H101NO14Si. The number of ketones is 3. The lowest BCUT2D eigenvalue weighted by atomic mass is 9.78. The van der Waals surface area contributed by atoms with Crippen molar-refractivity contribution < 1.29 is 69.8 Å². The Kier molecular flexibility index (Phi) is 24.9. The molecule has 15 atom stereocenters. The van der Waals surface area contributed by atoms with Crippen LogP contribution in [0.2, 0.25) is 5.04 Å². The summed E-state index contributed by atoms with van der Waals surface area (Å²) in [4.78, 5) is 73.5. The summed E-state index contributed by atoms with van der Waals surface area (Å²) in [5.74, 6) is -8.56. The molecule has 2 aromatic rings. The Morgan fingerprint density at radius 3 is 2.09 bits per heavy atom. The van der Waals surface area contributed by atoms with Crippen LogP contribution < -0.4 is 10.4 Å². The molecule has 3 aliphatic heterocycles. The highest BCUT2D eigenvalue weighted by Gasteiger charge is 2.54. The van der Waals surface area contributed by atoms with Crippen molar-refractivity contribution >= 4 is 47.9 Å². The molecule has 0 unspecified atom stereocenters. The lowest BCUT2D eigenvalue weighted by Crippen LogP contribution is -2.66. The number of piperidine rings is 1. The van der Waals surface area contributed by atoms with Gasteiger partial charge in [-0.25, -0.2) is 4.79 Å². The molecule has 1 saturated carbocycles. The van der Waals surface area contributed by atoms with Crippen molar-refractivity contribution in [3.63, 3.8) is 0 Å². The molecule has 15 nitrogen and oxygen atoms in total. The number of Topliss-reactive ketones (excluding diaryl/α,β-unsaturated/α-hetero) is 3. The Morgan fingerprint density at radius 2 is 1.47 bits per heavy atom. The molecule has 2 N–H and O–H groups in total. The van der Waals surface area contributed by atoms with Gasteiger partial charge < -0.3 is 48.0 Å². The Balaban J connectivity index is 1.26. The lowest BCUT2D eigenvalue weighted by Gasteiger charge is -2.43. The molecule has 3 fully saturated rings. The third-order valence-electron chi connectivity index (χ3n) is 18.5. The largest absolute Gasteiger partial charge is 0.460 e. The van der Waals surface area contributed by atoms with Crippen molar-refractivity contribution in [3.8, 4) is 0 Å². The molecular weight excluding hydrogens is 1090 g/mol. The number of benzene rings is 2. The molecule has 0 spiro atoms. The van der Waals surface area contributed by atoms with Gasteiger partial charge in [-0.2, -0.15) is 0 Å². The number of aliphatic hydroxyl groups is 2. The number of hydrogen-bond acceptors (Lipinski definition) is 14. The highest BCUT2D eigenvalue weighted by Crippen LogP contribution is 2.40. The van der Waals surface area contributed by atoms with Gasteiger partial charge in [0.05, 0.1) is 40.3 Å². The molecule has 1 amide bonds. The van der Waals surface area contributed by atoms with E-state index < -0.39 is 111 Å². The van der Waals surface area contributed by atoms with Crippen LogP contribution in [0.5, 0.6) is 0 Å². The summed E-state index contributed by atoms with van der Waals surface area (Å²) in [7, 11) is 1.43. The van der Waals surface area contributed by atoms with Crippen LogP contribution in [0.15, 0.2) is 108 Å². The topological polar surface area (TPSA) is 194 Å². The van der Waals surface area contributed by atoms with Gasteiger partial charge in [-0.1, -0.05) is 153 Å². The molecule has 6 rings (SSSR count). The molecule has 0 radical (unpaired) electrons. The molecule has 2 aromatic carbocycles. The Bertz CT molecular complexity index is 2690. The van der Waals surface area contributed by atoms with Crippen molar-refractivity contribution in [1.82, 2.24) is 4.90 Å². The Morgan fingerprint density at radius 1 is 0.800 bits per heavy atom. The number of allylic oxidation sites excluding steroid dienone is 6. The van der Waals surface area contributed by atoms with Gasteiger partial charge in [0.1, 0.15) is 30.1 Å². The van der Waals surface area contributed by atoms with E-state index in [0.29, 0.717) is 69.8 Å². The summed E-state index contributed by atoms with van der Waals surface area (Å²) in [6.07, 6.45) is 10.0. The molecule has 4 aliphatic rings. The third-order valence-corrected chi connectivity index (χ3v) is 23.4. The first-order valence-corrected chi connectivity index (χ1v) is 32.9. The summed E-state index contributed by atoms with van der Waals surface area (Å²) in [6, 6.07) is 18.9. The van der Waals surface area contributed by atoms with Gasteiger partial charge in [-0.15, -0.1) is 0 Å². The van der Waals surface area contributed by atoms with Crippen molar-refractivity contribution in [2.45, 2.75) is 206 Å². The SMILES string of the molecule is [3H]C([3H])(CO[Si](c1ccccc1)(c1ccccc1)C(C)(C)C)O[C@@H]1CC[C@@H](C[C@@H](C)[C@@H]2CC(=O)[C@H](C)/C=C(\C)[C@@H](O)[C@@H](OC)C(=O)[C@H](C)C[C@H](C)/C=C/C=C/C=C(\C)[C@@H](OC)C[C@@H]3CC[C@@H](C)[C@@](O)(O3)C(=O)C(=O)N3CCCC[C@H]3C(=O)O2)C[C@H]1OC. The Hall–Kier alpha value is -4.75. The number of methoxy groups -OCH3 is 3. The van der Waals surface area contributed by atoms with Gasteiger partial charge in [0.2, 0.25) is 5.79 Å². The number of carbonyl (C=O) groups is 5. The maximum Gasteiger partial charge on any atom is 0.329 e. The maximum atomic E-state index is 14.8. The van der Waals surface area contributed by atoms with Gasteiger partial charge in [-0.3, -0.25) is 19.2 Å². The molecule has 2 saturated heterocycles. The van der Waals surface area contributed by atoms with Crippen LogP contribution in [-0.2, 0) is 56.8 Å². The summed E-state index contributed by atoms with van der Waals surface area (Å²) >= 11 is 0. The second-order valence-corrected chi connectivity index (χ2v) is 30.1. The van der Waals surface area contributed by atoms with E-state index in [1.807, 2.05) is 94.5 Å². The fourth-order valence-electron chi connectivity index (χ4n) is 13.3. The number of amides is 1. The van der Waals surface area contributed by atoms with Crippen LogP contribution in [-0.4, -0.2) is 148 Å². The first-order chi connectivity index (χ1) is 41.1. The Labute approximate surface area is 511 Å². The summed E-state index contributed by atoms with van der Waals surface area (Å²) in [5.41, 5.74) is 1.23. The van der Waals surface area contributed by atoms with E-state index in [-0.39, 0.29) is 54.4 Å². The highest BCUT2D eigenvalue weighted by molar-refractivity contribution is 6.99. The lowest BCUT2D eigenvalue weighted by molar-refractivity contribution is -0.265. The van der Waals surface area contributed by atoms with Crippen molar-refractivity contribution in [2.75, 3.05) is 41.0 Å². The zero-order valence-corrected chi connectivity index (χ0v) is 54.0. The number of esters is 1. The van der Waals surface area contributed by atoms with E-state index in [9.17, 15) is 36.9 Å². The quantitative estimate of drug-likeness (QED) is 0.0833. The van der Waals surface area contributed by atoms with Crippen molar-refractivity contribution in [3.05, 3.63) is 108 Å². The first kappa shape index (κ1) is 66.2. The number of aliphatic hydroxyl groups excluding tert-OH is 1. The zero-order chi connectivity index (χ0) is 64.0. The fourth-order valence-corrected chi connectivity index (χ4v) is 17.7. The van der Waals surface area contributed by atoms with Gasteiger partial charge in [-0.05, 0) is 122 Å². The second-order valence-electron chi connectivity index (χ2n) is 25.8. The first-order valence-electron chi connectivity index (χ1n) is 32.0. The monoisotopic (exact) mass is 1200 g/mol. The van der Waals surface area contributed by atoms with Crippen LogP contribution in [0.4, 0.5) is 0 Å². The van der Waals surface area contributed by atoms with E-state index in [1.165, 1.54) is 12.0 Å². The van der Waals surface area contributed by atoms with Gasteiger partial charge >= 0.3 is 5.97 Å². The van der Waals surface area contributed by atoms with Crippen LogP contribution >= 0.6 is 0 Å². The summed E-state index contributed by atoms with van der Waals surface area (Å²) in [5, 5.41) is 25.4. The number of hydrogen-bond donors (Lipinski definition) is 2. The number of nitrogens with zero attached hydrogens (tertiary/aromatic N) is 1. The molecule has 1 aliphatic carbocycles. The van der Waals surface area contributed by atoms with Gasteiger partial charge in [0.15, 0.2) is 5.78 Å². The van der Waals surface area contributed by atoms with Crippen molar-refractivity contribution in [1.29, 1.82) is 0 Å². The zero-order valence-electron chi connectivity index (χ0n) is 55.0. The van der Waals surface area contributed by atoms with E-state index >= 15 is 0 Å². The third kappa shape index (κ3) is 17.5. The van der Waals surface area contributed by atoms with Crippen LogP contribution in [0, 0.1) is 35.5 Å². The average Bonchev–Trinajstić information content (AvgIpc) is 1.20. The predicted molar refractivity (Wildman–Crippen MR) is 332 cm³/mol. The number of ether oxygens (including phenoxy) is 6. The number of rotatable bonds is 13. The van der Waals surface area contributed by atoms with Crippen molar-refractivity contribution in [2.24, 2.45) is 35.5 Å². The van der Waals surface area contributed by atoms with E-state index in [2.05, 4.69) is 45.0 Å². The normalized spacial score (nSPS) is 34.6. The average molecular weight is 1200 g/mol.